The molecule has 1 N–H and O–H groups in total. The predicted octanol–water partition coefficient (Wildman–Crippen LogP) is 2.39. The average molecular weight is 408 g/mol. The Labute approximate surface area is 169 Å². The lowest BCUT2D eigenvalue weighted by atomic mass is 9.97. The van der Waals surface area contributed by atoms with Crippen molar-refractivity contribution in [3.63, 3.8) is 0 Å². The lowest BCUT2D eigenvalue weighted by Crippen LogP contribution is -2.46. The molecule has 0 aliphatic carbocycles. The average Bonchev–Trinajstić information content (AvgIpc) is 2.70. The topological polar surface area (TPSA) is 69.7 Å². The molecule has 0 saturated carbocycles. The van der Waals surface area contributed by atoms with Crippen LogP contribution in [0.15, 0.2) is 29.2 Å². The maximum absolute atomic E-state index is 12.8. The van der Waals surface area contributed by atoms with Crippen LogP contribution >= 0.6 is 0 Å². The largest absolute Gasteiger partial charge is 0.355 e. The number of aryl methyl sites for hydroxylation is 1. The van der Waals surface area contributed by atoms with Crippen molar-refractivity contribution in [2.45, 2.75) is 56.9 Å². The Balaban J connectivity index is 1.45. The number of hydrogen-bond donors (Lipinski definition) is 1. The Morgan fingerprint density at radius 2 is 1.75 bits per heavy atom. The van der Waals surface area contributed by atoms with Crippen LogP contribution in [0.1, 0.15) is 44.6 Å². The van der Waals surface area contributed by atoms with Gasteiger partial charge >= 0.3 is 0 Å². The molecule has 2 fully saturated rings. The summed E-state index contributed by atoms with van der Waals surface area (Å²) < 4.78 is 27.1. The summed E-state index contributed by atoms with van der Waals surface area (Å²) in [5, 5.41) is 3.06. The van der Waals surface area contributed by atoms with Crippen molar-refractivity contribution in [3.8, 4) is 0 Å². The summed E-state index contributed by atoms with van der Waals surface area (Å²) in [5.41, 5.74) is 1.04. The number of nitrogens with one attached hydrogen (secondary N) is 1. The van der Waals surface area contributed by atoms with Gasteiger partial charge in [-0.25, -0.2) is 8.42 Å². The van der Waals surface area contributed by atoms with Crippen LogP contribution in [0.3, 0.4) is 0 Å². The number of likely N-dealkylation sites (tertiary alicyclic amines) is 1. The second kappa shape index (κ2) is 9.37. The van der Waals surface area contributed by atoms with Gasteiger partial charge in [-0.05, 0) is 58.2 Å². The van der Waals surface area contributed by atoms with Crippen LogP contribution in [0.5, 0.6) is 0 Å². The van der Waals surface area contributed by atoms with E-state index in [-0.39, 0.29) is 11.8 Å². The van der Waals surface area contributed by atoms with Gasteiger partial charge in [0.05, 0.1) is 4.90 Å². The Bertz CT molecular complexity index is 756. The number of piperidine rings is 2. The third-order valence-electron chi connectivity index (χ3n) is 6.12. The Morgan fingerprint density at radius 1 is 1.07 bits per heavy atom. The number of sulfonamides is 1. The highest BCUT2D eigenvalue weighted by Gasteiger charge is 2.32. The first-order chi connectivity index (χ1) is 13.4. The molecule has 0 radical (unpaired) electrons. The van der Waals surface area contributed by atoms with Crippen LogP contribution in [0.4, 0.5) is 0 Å². The fourth-order valence-corrected chi connectivity index (χ4v) is 5.64. The van der Waals surface area contributed by atoms with Gasteiger partial charge in [-0.1, -0.05) is 24.1 Å². The molecule has 1 aromatic carbocycles. The number of amides is 1. The van der Waals surface area contributed by atoms with Crippen molar-refractivity contribution in [3.05, 3.63) is 29.8 Å². The van der Waals surface area contributed by atoms with Gasteiger partial charge in [0.15, 0.2) is 0 Å². The van der Waals surface area contributed by atoms with E-state index in [0.717, 1.165) is 18.7 Å². The minimum Gasteiger partial charge on any atom is -0.355 e. The molecule has 1 unspecified atom stereocenters. The zero-order valence-electron chi connectivity index (χ0n) is 17.1. The van der Waals surface area contributed by atoms with Crippen LogP contribution in [0.25, 0.3) is 0 Å². The summed E-state index contributed by atoms with van der Waals surface area (Å²) in [6, 6.07) is 7.55. The van der Waals surface area contributed by atoms with Crippen LogP contribution < -0.4 is 5.32 Å². The van der Waals surface area contributed by atoms with E-state index in [4.69, 9.17) is 0 Å². The molecule has 0 spiro atoms. The van der Waals surface area contributed by atoms with E-state index in [1.807, 2.05) is 19.1 Å². The number of carbonyl (C=O) groups excluding carboxylic acids is 1. The quantitative estimate of drug-likeness (QED) is 0.786. The van der Waals surface area contributed by atoms with E-state index in [1.54, 1.807) is 12.1 Å². The molecule has 7 heteroatoms. The first-order valence-electron chi connectivity index (χ1n) is 10.5. The summed E-state index contributed by atoms with van der Waals surface area (Å²) in [5.74, 6) is -0.0275. The molecule has 0 aromatic heterocycles. The van der Waals surface area contributed by atoms with Gasteiger partial charge in [0.25, 0.3) is 0 Å². The maximum Gasteiger partial charge on any atom is 0.243 e. The second-order valence-corrected chi connectivity index (χ2v) is 10.1. The fourth-order valence-electron chi connectivity index (χ4n) is 4.17. The zero-order chi connectivity index (χ0) is 20.1. The van der Waals surface area contributed by atoms with E-state index in [2.05, 4.69) is 17.1 Å². The summed E-state index contributed by atoms with van der Waals surface area (Å²) >= 11 is 0. The van der Waals surface area contributed by atoms with Crippen LogP contribution in [-0.4, -0.2) is 62.3 Å². The Morgan fingerprint density at radius 3 is 2.39 bits per heavy atom. The molecule has 28 heavy (non-hydrogen) atoms. The number of nitrogens with zero attached hydrogens (tertiary/aromatic N) is 2. The standard InChI is InChI=1S/C21H33N3O3S/c1-17-6-8-20(9-7-17)28(26,27)24-14-10-19(11-15-24)21(25)22-12-16-23-13-4-3-5-18(23)2/h6-9,18-19H,3-5,10-16H2,1-2H3,(H,22,25). The lowest BCUT2D eigenvalue weighted by Gasteiger charge is -2.34. The van der Waals surface area contributed by atoms with Gasteiger partial charge in [0.2, 0.25) is 15.9 Å². The van der Waals surface area contributed by atoms with E-state index in [1.165, 1.54) is 23.6 Å². The SMILES string of the molecule is Cc1ccc(S(=O)(=O)N2CCC(C(=O)NCCN3CCCCC3C)CC2)cc1. The summed E-state index contributed by atoms with van der Waals surface area (Å²) in [6.45, 7) is 7.68. The van der Waals surface area contributed by atoms with E-state index < -0.39 is 10.0 Å². The molecular formula is C21H33N3O3S. The van der Waals surface area contributed by atoms with Crippen molar-refractivity contribution in [2.75, 3.05) is 32.7 Å². The Hall–Kier alpha value is -1.44. The van der Waals surface area contributed by atoms with E-state index >= 15 is 0 Å². The van der Waals surface area contributed by atoms with Gasteiger partial charge in [-0.2, -0.15) is 4.31 Å². The van der Waals surface area contributed by atoms with E-state index in [9.17, 15) is 13.2 Å². The molecule has 2 aliphatic heterocycles. The van der Waals surface area contributed by atoms with Gasteiger partial charge in [0, 0.05) is 38.1 Å². The van der Waals surface area contributed by atoms with Crippen molar-refractivity contribution in [2.24, 2.45) is 5.92 Å². The molecular weight excluding hydrogens is 374 g/mol. The summed E-state index contributed by atoms with van der Waals surface area (Å²) in [4.78, 5) is 15.3. The third-order valence-corrected chi connectivity index (χ3v) is 8.04. The molecule has 3 rings (SSSR count). The maximum atomic E-state index is 12.8. The van der Waals surface area contributed by atoms with E-state index in [0.29, 0.717) is 43.4 Å². The van der Waals surface area contributed by atoms with Gasteiger partial charge in [0.1, 0.15) is 0 Å². The monoisotopic (exact) mass is 407 g/mol. The molecule has 1 aromatic rings. The van der Waals surface area contributed by atoms with Crippen molar-refractivity contribution >= 4 is 15.9 Å². The molecule has 2 heterocycles. The highest BCUT2D eigenvalue weighted by Crippen LogP contribution is 2.24. The highest BCUT2D eigenvalue weighted by molar-refractivity contribution is 7.89. The molecule has 156 valence electrons. The number of rotatable bonds is 6. The number of hydrogen-bond acceptors (Lipinski definition) is 4. The van der Waals surface area contributed by atoms with Crippen molar-refractivity contribution < 1.29 is 13.2 Å². The minimum atomic E-state index is -3.47. The normalized spacial score (nSPS) is 22.9. The van der Waals surface area contributed by atoms with Crippen molar-refractivity contribution in [1.29, 1.82) is 0 Å². The van der Waals surface area contributed by atoms with Crippen LogP contribution in [0.2, 0.25) is 0 Å². The first-order valence-corrected chi connectivity index (χ1v) is 11.9. The molecule has 1 atom stereocenters. The summed E-state index contributed by atoms with van der Waals surface area (Å²) in [6.07, 6.45) is 4.94. The predicted molar refractivity (Wildman–Crippen MR) is 111 cm³/mol. The molecule has 6 nitrogen and oxygen atoms in total. The summed E-state index contributed by atoms with van der Waals surface area (Å²) in [7, 11) is -3.47. The van der Waals surface area contributed by atoms with Crippen LogP contribution in [-0.2, 0) is 14.8 Å². The number of benzene rings is 1. The first kappa shape index (κ1) is 21.3. The van der Waals surface area contributed by atoms with Gasteiger partial charge < -0.3 is 5.32 Å². The molecule has 2 aliphatic rings. The lowest BCUT2D eigenvalue weighted by molar-refractivity contribution is -0.126. The molecule has 1 amide bonds. The zero-order valence-corrected chi connectivity index (χ0v) is 17.9. The smallest absolute Gasteiger partial charge is 0.243 e. The van der Waals surface area contributed by atoms with Gasteiger partial charge in [-0.3, -0.25) is 9.69 Å². The minimum absolute atomic E-state index is 0.0667. The Kier molecular flexibility index (Phi) is 7.12. The number of carbonyl (C=O) groups is 1. The second-order valence-electron chi connectivity index (χ2n) is 8.16. The highest BCUT2D eigenvalue weighted by atomic mass is 32.2. The van der Waals surface area contributed by atoms with Crippen molar-refractivity contribution in [1.82, 2.24) is 14.5 Å². The van der Waals surface area contributed by atoms with Gasteiger partial charge in [-0.15, -0.1) is 0 Å². The molecule has 2 saturated heterocycles. The van der Waals surface area contributed by atoms with Crippen LogP contribution in [0, 0.1) is 12.8 Å². The third kappa shape index (κ3) is 5.13. The fraction of sp³-hybridized carbons (Fsp3) is 0.667. The molecule has 0 bridgehead atoms.